The second kappa shape index (κ2) is 3.09. The number of fused-ring (bicyclic) bond motifs is 1. The Balaban J connectivity index is 1.98. The number of hydrogen-bond donors (Lipinski definition) is 1. The summed E-state index contributed by atoms with van der Waals surface area (Å²) in [6.07, 6.45) is 2.34. The molecule has 2 heterocycles. The molecule has 0 radical (unpaired) electrons. The highest BCUT2D eigenvalue weighted by Gasteiger charge is 2.34. The Kier molecular flexibility index (Phi) is 2.11. The van der Waals surface area contributed by atoms with Crippen LogP contribution in [0.25, 0.3) is 0 Å². The van der Waals surface area contributed by atoms with Gasteiger partial charge in [0.1, 0.15) is 0 Å². The molecular weight excluding hydrogens is 142 g/mol. The molecule has 2 aliphatic heterocycles. The minimum atomic E-state index is 0.316. The zero-order valence-electron chi connectivity index (χ0n) is 6.70. The van der Waals surface area contributed by atoms with E-state index in [-0.39, 0.29) is 0 Å². The van der Waals surface area contributed by atoms with E-state index in [1.54, 1.807) is 0 Å². The molecule has 1 N–H and O–H groups in total. The van der Waals surface area contributed by atoms with Gasteiger partial charge in [-0.2, -0.15) is 0 Å². The van der Waals surface area contributed by atoms with Crippen LogP contribution < -0.4 is 0 Å². The fraction of sp³-hybridized carbons (Fsp3) is 1.00. The maximum absolute atomic E-state index is 9.02. The van der Waals surface area contributed by atoms with Gasteiger partial charge in [0.05, 0.1) is 19.8 Å². The van der Waals surface area contributed by atoms with Crippen molar-refractivity contribution in [3.63, 3.8) is 0 Å². The zero-order chi connectivity index (χ0) is 7.68. The molecule has 0 aromatic carbocycles. The van der Waals surface area contributed by atoms with E-state index >= 15 is 0 Å². The van der Waals surface area contributed by atoms with Crippen molar-refractivity contribution >= 4 is 0 Å². The van der Waals surface area contributed by atoms with Crippen LogP contribution in [0, 0.1) is 0 Å². The molecule has 0 aromatic rings. The topological polar surface area (TPSA) is 32.7 Å². The van der Waals surface area contributed by atoms with Crippen LogP contribution in [0.2, 0.25) is 0 Å². The van der Waals surface area contributed by atoms with Crippen LogP contribution in [-0.4, -0.2) is 48.5 Å². The summed E-state index contributed by atoms with van der Waals surface area (Å²) in [5, 5.41) is 9.02. The lowest BCUT2D eigenvalue weighted by Gasteiger charge is -2.32. The Morgan fingerprint density at radius 2 is 2.36 bits per heavy atom. The summed E-state index contributed by atoms with van der Waals surface area (Å²) in [5.41, 5.74) is 0. The average molecular weight is 157 g/mol. The van der Waals surface area contributed by atoms with E-state index in [0.29, 0.717) is 18.7 Å². The highest BCUT2D eigenvalue weighted by Crippen LogP contribution is 2.25. The second-order valence-electron chi connectivity index (χ2n) is 3.38. The summed E-state index contributed by atoms with van der Waals surface area (Å²) in [6, 6.07) is 1.02. The number of aliphatic hydroxyl groups excluding tert-OH is 1. The molecule has 2 aliphatic rings. The Hall–Kier alpha value is -0.120. The Morgan fingerprint density at radius 1 is 1.45 bits per heavy atom. The van der Waals surface area contributed by atoms with Crippen LogP contribution in [-0.2, 0) is 4.74 Å². The quantitative estimate of drug-likeness (QED) is 0.574. The van der Waals surface area contributed by atoms with Crippen molar-refractivity contribution in [2.24, 2.45) is 0 Å². The van der Waals surface area contributed by atoms with Crippen LogP contribution in [0.5, 0.6) is 0 Å². The summed E-state index contributed by atoms with van der Waals surface area (Å²) in [4.78, 5) is 2.39. The maximum atomic E-state index is 9.02. The van der Waals surface area contributed by atoms with E-state index in [0.717, 1.165) is 26.2 Å². The first kappa shape index (κ1) is 7.53. The predicted molar refractivity (Wildman–Crippen MR) is 41.4 cm³/mol. The zero-order valence-corrected chi connectivity index (χ0v) is 6.70. The molecule has 0 bridgehead atoms. The van der Waals surface area contributed by atoms with E-state index < -0.39 is 0 Å². The fourth-order valence-electron chi connectivity index (χ4n) is 2.14. The molecule has 2 fully saturated rings. The Morgan fingerprint density at radius 3 is 3.18 bits per heavy atom. The molecule has 0 spiro atoms. The van der Waals surface area contributed by atoms with Crippen LogP contribution in [0.1, 0.15) is 12.8 Å². The van der Waals surface area contributed by atoms with E-state index in [4.69, 9.17) is 9.84 Å². The lowest BCUT2D eigenvalue weighted by molar-refractivity contribution is -0.0114. The molecule has 3 heteroatoms. The molecule has 0 amide bonds. The van der Waals surface area contributed by atoms with Gasteiger partial charge in [0.25, 0.3) is 0 Å². The smallest absolute Gasteiger partial charge is 0.0622 e. The highest BCUT2D eigenvalue weighted by atomic mass is 16.5. The number of ether oxygens (including phenoxy) is 1. The van der Waals surface area contributed by atoms with E-state index in [1.807, 2.05) is 0 Å². The van der Waals surface area contributed by atoms with Gasteiger partial charge >= 0.3 is 0 Å². The lowest BCUT2D eigenvalue weighted by atomic mass is 10.2. The first-order valence-electron chi connectivity index (χ1n) is 4.36. The third kappa shape index (κ3) is 1.28. The SMILES string of the molecule is OCC1CCC2COCCN12. The largest absolute Gasteiger partial charge is 0.395 e. The first-order chi connectivity index (χ1) is 5.42. The summed E-state index contributed by atoms with van der Waals surface area (Å²) in [5.74, 6) is 0. The van der Waals surface area contributed by atoms with Crippen molar-refractivity contribution in [3.05, 3.63) is 0 Å². The minimum Gasteiger partial charge on any atom is -0.395 e. The van der Waals surface area contributed by atoms with E-state index in [9.17, 15) is 0 Å². The van der Waals surface area contributed by atoms with Gasteiger partial charge in [-0.3, -0.25) is 4.90 Å². The number of nitrogens with zero attached hydrogens (tertiary/aromatic N) is 1. The van der Waals surface area contributed by atoms with Crippen molar-refractivity contribution in [2.75, 3.05) is 26.4 Å². The van der Waals surface area contributed by atoms with Gasteiger partial charge in [0.15, 0.2) is 0 Å². The summed E-state index contributed by atoms with van der Waals surface area (Å²) < 4.78 is 5.35. The van der Waals surface area contributed by atoms with Gasteiger partial charge in [-0.1, -0.05) is 0 Å². The fourth-order valence-corrected chi connectivity index (χ4v) is 2.14. The monoisotopic (exact) mass is 157 g/mol. The van der Waals surface area contributed by atoms with Gasteiger partial charge in [-0.15, -0.1) is 0 Å². The van der Waals surface area contributed by atoms with Crippen molar-refractivity contribution in [1.29, 1.82) is 0 Å². The van der Waals surface area contributed by atoms with Gasteiger partial charge in [-0.25, -0.2) is 0 Å². The van der Waals surface area contributed by atoms with Crippen molar-refractivity contribution < 1.29 is 9.84 Å². The highest BCUT2D eigenvalue weighted by molar-refractivity contribution is 4.88. The number of aliphatic hydroxyl groups is 1. The first-order valence-corrected chi connectivity index (χ1v) is 4.36. The summed E-state index contributed by atoms with van der Waals surface area (Å²) >= 11 is 0. The van der Waals surface area contributed by atoms with Crippen LogP contribution >= 0.6 is 0 Å². The molecule has 11 heavy (non-hydrogen) atoms. The number of hydrogen-bond acceptors (Lipinski definition) is 3. The molecule has 0 aromatic heterocycles. The van der Waals surface area contributed by atoms with Crippen LogP contribution in [0.3, 0.4) is 0 Å². The lowest BCUT2D eigenvalue weighted by Crippen LogP contribution is -2.46. The van der Waals surface area contributed by atoms with Crippen LogP contribution in [0.15, 0.2) is 0 Å². The van der Waals surface area contributed by atoms with Gasteiger partial charge in [-0.05, 0) is 12.8 Å². The third-order valence-electron chi connectivity index (χ3n) is 2.79. The molecule has 2 saturated heterocycles. The normalized spacial score (nSPS) is 39.0. The molecule has 2 atom stereocenters. The maximum Gasteiger partial charge on any atom is 0.0622 e. The van der Waals surface area contributed by atoms with Gasteiger partial charge in [0.2, 0.25) is 0 Å². The van der Waals surface area contributed by atoms with Gasteiger partial charge < -0.3 is 9.84 Å². The summed E-state index contributed by atoms with van der Waals surface area (Å²) in [7, 11) is 0. The number of rotatable bonds is 1. The van der Waals surface area contributed by atoms with E-state index in [2.05, 4.69) is 4.90 Å². The second-order valence-corrected chi connectivity index (χ2v) is 3.38. The van der Waals surface area contributed by atoms with Crippen molar-refractivity contribution in [3.8, 4) is 0 Å². The standard InChI is InChI=1S/C8H15NO2/c10-5-7-1-2-8-6-11-4-3-9(7)8/h7-8,10H,1-6H2. The molecule has 2 rings (SSSR count). The summed E-state index contributed by atoms with van der Waals surface area (Å²) in [6.45, 7) is 3.04. The third-order valence-corrected chi connectivity index (χ3v) is 2.79. The predicted octanol–water partition coefficient (Wildman–Crippen LogP) is -0.158. The van der Waals surface area contributed by atoms with Crippen LogP contribution in [0.4, 0.5) is 0 Å². The Labute approximate surface area is 66.9 Å². The van der Waals surface area contributed by atoms with Gasteiger partial charge in [0, 0.05) is 18.6 Å². The molecular formula is C8H15NO2. The van der Waals surface area contributed by atoms with Crippen molar-refractivity contribution in [1.82, 2.24) is 4.90 Å². The van der Waals surface area contributed by atoms with E-state index in [1.165, 1.54) is 6.42 Å². The molecule has 0 aliphatic carbocycles. The number of morpholine rings is 1. The van der Waals surface area contributed by atoms with Crippen molar-refractivity contribution in [2.45, 2.75) is 24.9 Å². The molecule has 64 valence electrons. The minimum absolute atomic E-state index is 0.316. The Bertz CT molecular complexity index is 134. The molecule has 2 unspecified atom stereocenters. The molecule has 0 saturated carbocycles. The molecule has 3 nitrogen and oxygen atoms in total. The average Bonchev–Trinajstić information content (AvgIpc) is 2.47.